The van der Waals surface area contributed by atoms with E-state index in [4.69, 9.17) is 0 Å². The first-order valence-corrected chi connectivity index (χ1v) is 9.02. The second kappa shape index (κ2) is 7.58. The van der Waals surface area contributed by atoms with Gasteiger partial charge in [-0.25, -0.2) is 9.78 Å². The number of carbonyl (C=O) groups excluding carboxylic acids is 1. The maximum absolute atomic E-state index is 12.1. The predicted octanol–water partition coefficient (Wildman–Crippen LogP) is 4.21. The summed E-state index contributed by atoms with van der Waals surface area (Å²) in [6.07, 6.45) is 8.60. The average Bonchev–Trinajstić information content (AvgIpc) is 2.91. The van der Waals surface area contributed by atoms with Crippen LogP contribution in [0.25, 0.3) is 10.2 Å². The van der Waals surface area contributed by atoms with E-state index < -0.39 is 0 Å². The van der Waals surface area contributed by atoms with Crippen LogP contribution in [0.5, 0.6) is 0 Å². The molecule has 2 amide bonds. The number of nitrogens with zero attached hydrogens (tertiary/aromatic N) is 1. The van der Waals surface area contributed by atoms with E-state index in [1.54, 1.807) is 11.3 Å². The molecule has 1 aromatic heterocycles. The molecule has 0 radical (unpaired) electrons. The second-order valence-electron chi connectivity index (χ2n) is 5.94. The standard InChI is InChI=1S/C17H23N3OS/c21-17(19-13-8-4-2-1-3-5-9-13)18-12-16-20-14-10-6-7-11-15(14)22-16/h6-7,10-11,13H,1-5,8-9,12H2,(H2,18,19,21). The average molecular weight is 317 g/mol. The number of rotatable bonds is 3. The molecule has 1 aromatic carbocycles. The van der Waals surface area contributed by atoms with Crippen LogP contribution >= 0.6 is 11.3 Å². The van der Waals surface area contributed by atoms with E-state index in [-0.39, 0.29) is 6.03 Å². The fraction of sp³-hybridized carbons (Fsp3) is 0.529. The van der Waals surface area contributed by atoms with E-state index in [0.717, 1.165) is 23.4 Å². The molecule has 2 N–H and O–H groups in total. The number of hydrogen-bond acceptors (Lipinski definition) is 3. The van der Waals surface area contributed by atoms with Crippen molar-refractivity contribution in [3.05, 3.63) is 29.3 Å². The van der Waals surface area contributed by atoms with Gasteiger partial charge >= 0.3 is 6.03 Å². The smallest absolute Gasteiger partial charge is 0.315 e. The summed E-state index contributed by atoms with van der Waals surface area (Å²) in [7, 11) is 0. The Kier molecular flexibility index (Phi) is 5.27. The molecule has 2 aromatic rings. The topological polar surface area (TPSA) is 54.0 Å². The number of carbonyl (C=O) groups is 1. The molecule has 0 spiro atoms. The Balaban J connectivity index is 1.48. The summed E-state index contributed by atoms with van der Waals surface area (Å²) in [5.74, 6) is 0. The minimum absolute atomic E-state index is 0.0650. The number of aromatic nitrogens is 1. The van der Waals surface area contributed by atoms with Crippen LogP contribution in [-0.4, -0.2) is 17.1 Å². The maximum Gasteiger partial charge on any atom is 0.315 e. The molecule has 0 aliphatic heterocycles. The molecule has 1 fully saturated rings. The highest BCUT2D eigenvalue weighted by Crippen LogP contribution is 2.21. The number of thiazole rings is 1. The van der Waals surface area contributed by atoms with Crippen LogP contribution in [0.15, 0.2) is 24.3 Å². The molecule has 3 rings (SSSR count). The summed E-state index contributed by atoms with van der Waals surface area (Å²) in [6.45, 7) is 0.498. The number of hydrogen-bond donors (Lipinski definition) is 2. The zero-order valence-electron chi connectivity index (χ0n) is 12.8. The first-order chi connectivity index (χ1) is 10.8. The highest BCUT2D eigenvalue weighted by Gasteiger charge is 2.14. The second-order valence-corrected chi connectivity index (χ2v) is 7.06. The number of fused-ring (bicyclic) bond motifs is 1. The van der Waals surface area contributed by atoms with Gasteiger partial charge in [-0.2, -0.15) is 0 Å². The predicted molar refractivity (Wildman–Crippen MR) is 91.1 cm³/mol. The van der Waals surface area contributed by atoms with E-state index in [9.17, 15) is 4.79 Å². The lowest BCUT2D eigenvalue weighted by atomic mass is 9.97. The van der Waals surface area contributed by atoms with Gasteiger partial charge in [0, 0.05) is 6.04 Å². The monoisotopic (exact) mass is 317 g/mol. The lowest BCUT2D eigenvalue weighted by Crippen LogP contribution is -2.42. The van der Waals surface area contributed by atoms with Gasteiger partial charge in [-0.3, -0.25) is 0 Å². The highest BCUT2D eigenvalue weighted by atomic mass is 32.1. The lowest BCUT2D eigenvalue weighted by Gasteiger charge is -2.21. The molecule has 1 aliphatic rings. The van der Waals surface area contributed by atoms with Crippen molar-refractivity contribution >= 4 is 27.6 Å². The zero-order valence-corrected chi connectivity index (χ0v) is 13.6. The van der Waals surface area contributed by atoms with Gasteiger partial charge < -0.3 is 10.6 Å². The van der Waals surface area contributed by atoms with Crippen molar-refractivity contribution in [2.45, 2.75) is 57.5 Å². The SMILES string of the molecule is O=C(NCc1nc2ccccc2s1)NC1CCCCCCC1. The maximum atomic E-state index is 12.1. The Morgan fingerprint density at radius 2 is 1.86 bits per heavy atom. The molecule has 1 aliphatic carbocycles. The minimum Gasteiger partial charge on any atom is -0.335 e. The van der Waals surface area contributed by atoms with Gasteiger partial charge in [-0.1, -0.05) is 44.2 Å². The largest absolute Gasteiger partial charge is 0.335 e. The molecular weight excluding hydrogens is 294 g/mol. The van der Waals surface area contributed by atoms with E-state index in [1.807, 2.05) is 18.2 Å². The third kappa shape index (κ3) is 4.19. The van der Waals surface area contributed by atoms with Gasteiger partial charge in [-0.05, 0) is 25.0 Å². The van der Waals surface area contributed by atoms with Crippen LogP contribution in [0.2, 0.25) is 0 Å². The first-order valence-electron chi connectivity index (χ1n) is 8.20. The van der Waals surface area contributed by atoms with Crippen LogP contribution in [0.4, 0.5) is 4.79 Å². The number of urea groups is 1. The normalized spacial score (nSPS) is 16.9. The van der Waals surface area contributed by atoms with Crippen LogP contribution in [-0.2, 0) is 6.54 Å². The van der Waals surface area contributed by atoms with Crippen molar-refractivity contribution in [3.63, 3.8) is 0 Å². The molecule has 22 heavy (non-hydrogen) atoms. The Labute approximate surface area is 135 Å². The van der Waals surface area contributed by atoms with Gasteiger partial charge in [0.25, 0.3) is 0 Å². The fourth-order valence-corrected chi connectivity index (χ4v) is 3.90. The van der Waals surface area contributed by atoms with Crippen molar-refractivity contribution in [2.24, 2.45) is 0 Å². The minimum atomic E-state index is -0.0650. The number of amides is 2. The van der Waals surface area contributed by atoms with E-state index in [2.05, 4.69) is 21.7 Å². The van der Waals surface area contributed by atoms with Gasteiger partial charge in [-0.15, -0.1) is 11.3 Å². The Morgan fingerprint density at radius 3 is 2.64 bits per heavy atom. The molecule has 1 heterocycles. The summed E-state index contributed by atoms with van der Waals surface area (Å²) in [4.78, 5) is 16.6. The third-order valence-corrected chi connectivity index (χ3v) is 5.22. The molecule has 0 unspecified atom stereocenters. The number of para-hydroxylation sites is 1. The van der Waals surface area contributed by atoms with Crippen molar-refractivity contribution in [2.75, 3.05) is 0 Å². The molecule has 4 nitrogen and oxygen atoms in total. The molecule has 1 saturated carbocycles. The Bertz CT molecular complexity index is 584. The van der Waals surface area contributed by atoms with E-state index >= 15 is 0 Å². The number of nitrogens with one attached hydrogen (secondary N) is 2. The van der Waals surface area contributed by atoms with Crippen LogP contribution in [0, 0.1) is 0 Å². The van der Waals surface area contributed by atoms with E-state index in [0.29, 0.717) is 12.6 Å². The van der Waals surface area contributed by atoms with Crippen molar-refractivity contribution < 1.29 is 4.79 Å². The van der Waals surface area contributed by atoms with E-state index in [1.165, 1.54) is 36.8 Å². The number of benzene rings is 1. The highest BCUT2D eigenvalue weighted by molar-refractivity contribution is 7.18. The van der Waals surface area contributed by atoms with Gasteiger partial charge in [0.1, 0.15) is 5.01 Å². The summed E-state index contributed by atoms with van der Waals surface area (Å²) in [5.41, 5.74) is 1.00. The summed E-state index contributed by atoms with van der Waals surface area (Å²) in [6, 6.07) is 8.33. The quantitative estimate of drug-likeness (QED) is 0.891. The molecule has 0 saturated heterocycles. The fourth-order valence-electron chi connectivity index (χ4n) is 2.99. The van der Waals surface area contributed by atoms with Crippen molar-refractivity contribution in [1.29, 1.82) is 0 Å². The van der Waals surface area contributed by atoms with Gasteiger partial charge in [0.2, 0.25) is 0 Å². The van der Waals surface area contributed by atoms with Crippen LogP contribution < -0.4 is 10.6 Å². The van der Waals surface area contributed by atoms with Gasteiger partial charge in [0.15, 0.2) is 0 Å². The summed E-state index contributed by atoms with van der Waals surface area (Å²) < 4.78 is 1.17. The molecule has 0 atom stereocenters. The molecule has 0 bridgehead atoms. The Morgan fingerprint density at radius 1 is 1.14 bits per heavy atom. The lowest BCUT2D eigenvalue weighted by molar-refractivity contribution is 0.233. The first kappa shape index (κ1) is 15.3. The molecule has 5 heteroatoms. The molecule has 118 valence electrons. The Hall–Kier alpha value is -1.62. The summed E-state index contributed by atoms with van der Waals surface area (Å²) in [5, 5.41) is 7.01. The van der Waals surface area contributed by atoms with Crippen molar-refractivity contribution in [3.8, 4) is 0 Å². The summed E-state index contributed by atoms with van der Waals surface area (Å²) >= 11 is 1.64. The molecular formula is C17H23N3OS. The van der Waals surface area contributed by atoms with Crippen molar-refractivity contribution in [1.82, 2.24) is 15.6 Å². The van der Waals surface area contributed by atoms with Crippen LogP contribution in [0.3, 0.4) is 0 Å². The van der Waals surface area contributed by atoms with Gasteiger partial charge in [0.05, 0.1) is 16.8 Å². The third-order valence-electron chi connectivity index (χ3n) is 4.18. The van der Waals surface area contributed by atoms with Crippen LogP contribution in [0.1, 0.15) is 50.0 Å². The zero-order chi connectivity index (χ0) is 15.2.